The molecule has 0 saturated heterocycles. The second-order valence-electron chi connectivity index (χ2n) is 4.47. The number of aromatic amines is 1. The number of hydrogen-bond donors (Lipinski definition) is 2. The highest BCUT2D eigenvalue weighted by atomic mass is 14.9. The first kappa shape index (κ1) is 11.8. The number of nitrogens with two attached hydrogens (primary N) is 1. The van der Waals surface area contributed by atoms with Gasteiger partial charge in [-0.2, -0.15) is 0 Å². The molecule has 0 aromatic carbocycles. The van der Waals surface area contributed by atoms with Crippen LogP contribution in [0.3, 0.4) is 0 Å². The third-order valence-electron chi connectivity index (χ3n) is 2.94. The van der Waals surface area contributed by atoms with Crippen molar-refractivity contribution in [2.24, 2.45) is 11.7 Å². The lowest BCUT2D eigenvalue weighted by Crippen LogP contribution is -2.20. The second kappa shape index (κ2) is 5.10. The summed E-state index contributed by atoms with van der Waals surface area (Å²) in [4.78, 5) is 12.1. The summed E-state index contributed by atoms with van der Waals surface area (Å²) in [6, 6.07) is 5.86. The van der Waals surface area contributed by atoms with Gasteiger partial charge in [-0.25, -0.2) is 9.97 Å². The van der Waals surface area contributed by atoms with E-state index in [9.17, 15) is 0 Å². The van der Waals surface area contributed by atoms with Gasteiger partial charge in [0.2, 0.25) is 0 Å². The highest BCUT2D eigenvalue weighted by Gasteiger charge is 2.17. The molecule has 0 radical (unpaired) electrons. The van der Waals surface area contributed by atoms with E-state index in [1.807, 2.05) is 24.4 Å². The number of H-pyrrole nitrogens is 1. The van der Waals surface area contributed by atoms with Gasteiger partial charge in [0.1, 0.15) is 5.82 Å². The van der Waals surface area contributed by atoms with Crippen molar-refractivity contribution in [1.82, 2.24) is 15.0 Å². The quantitative estimate of drug-likeness (QED) is 0.845. The van der Waals surface area contributed by atoms with Gasteiger partial charge in [-0.05, 0) is 24.1 Å². The minimum Gasteiger partial charge on any atom is -0.360 e. The Bertz CT molecular complexity index is 462. The van der Waals surface area contributed by atoms with Crippen molar-refractivity contribution in [3.63, 3.8) is 0 Å². The maximum atomic E-state index is 5.79. The molecule has 0 bridgehead atoms. The Hall–Kier alpha value is -1.68. The fourth-order valence-electron chi connectivity index (χ4n) is 1.87. The minimum atomic E-state index is 0.213. The van der Waals surface area contributed by atoms with Gasteiger partial charge in [0, 0.05) is 24.9 Å². The normalized spacial score (nSPS) is 12.9. The van der Waals surface area contributed by atoms with Crippen LogP contribution in [0.4, 0.5) is 0 Å². The average molecular weight is 230 g/mol. The molecule has 1 atom stereocenters. The van der Waals surface area contributed by atoms with Gasteiger partial charge in [-0.15, -0.1) is 0 Å². The molecule has 0 aliphatic carbocycles. The van der Waals surface area contributed by atoms with Crippen LogP contribution < -0.4 is 5.73 Å². The maximum Gasteiger partial charge on any atom is 0.133 e. The van der Waals surface area contributed by atoms with Crippen molar-refractivity contribution < 1.29 is 0 Å². The monoisotopic (exact) mass is 230 g/mol. The number of nitrogens with one attached hydrogen (secondary N) is 1. The van der Waals surface area contributed by atoms with Crippen LogP contribution in [0.5, 0.6) is 0 Å². The molecule has 0 fully saturated rings. The Balaban J connectivity index is 2.34. The zero-order chi connectivity index (χ0) is 12.3. The van der Waals surface area contributed by atoms with Crippen LogP contribution in [0.15, 0.2) is 30.6 Å². The lowest BCUT2D eigenvalue weighted by Gasteiger charge is -2.17. The van der Waals surface area contributed by atoms with Crippen LogP contribution in [0.1, 0.15) is 25.6 Å². The van der Waals surface area contributed by atoms with Gasteiger partial charge in [0.05, 0.1) is 11.4 Å². The zero-order valence-electron chi connectivity index (χ0n) is 10.2. The second-order valence-corrected chi connectivity index (χ2v) is 4.47. The fourth-order valence-corrected chi connectivity index (χ4v) is 1.87. The van der Waals surface area contributed by atoms with Crippen LogP contribution in [0, 0.1) is 5.92 Å². The van der Waals surface area contributed by atoms with E-state index in [1.54, 1.807) is 6.20 Å². The molecule has 0 spiro atoms. The third kappa shape index (κ3) is 2.53. The van der Waals surface area contributed by atoms with Crippen molar-refractivity contribution in [3.05, 3.63) is 36.4 Å². The van der Waals surface area contributed by atoms with Gasteiger partial charge in [-0.1, -0.05) is 13.8 Å². The molecule has 4 heteroatoms. The van der Waals surface area contributed by atoms with Gasteiger partial charge in [-0.3, -0.25) is 0 Å². The predicted molar refractivity (Wildman–Crippen MR) is 68.5 cm³/mol. The van der Waals surface area contributed by atoms with Crippen molar-refractivity contribution in [2.45, 2.75) is 19.8 Å². The number of hydrogen-bond acceptors (Lipinski definition) is 3. The largest absolute Gasteiger partial charge is 0.360 e. The molecule has 2 aromatic heterocycles. The first-order valence-electron chi connectivity index (χ1n) is 5.89. The Morgan fingerprint density at radius 3 is 2.76 bits per heavy atom. The van der Waals surface area contributed by atoms with E-state index < -0.39 is 0 Å². The Kier molecular flexibility index (Phi) is 3.54. The molecular formula is C13H18N4. The molecule has 3 N–H and O–H groups in total. The van der Waals surface area contributed by atoms with E-state index in [1.165, 1.54) is 0 Å². The maximum absolute atomic E-state index is 5.79. The molecule has 1 unspecified atom stereocenters. The molecule has 0 amide bonds. The molecule has 17 heavy (non-hydrogen) atoms. The Morgan fingerprint density at radius 2 is 2.18 bits per heavy atom. The predicted octanol–water partition coefficient (Wildman–Crippen LogP) is 2.17. The summed E-state index contributed by atoms with van der Waals surface area (Å²) in [6.07, 6.45) is 3.68. The molecule has 2 rings (SSSR count). The van der Waals surface area contributed by atoms with E-state index in [4.69, 9.17) is 5.73 Å². The molecule has 0 aliphatic rings. The minimum absolute atomic E-state index is 0.213. The van der Waals surface area contributed by atoms with Crippen LogP contribution in [-0.2, 0) is 0 Å². The fraction of sp³-hybridized carbons (Fsp3) is 0.385. The van der Waals surface area contributed by atoms with E-state index in [-0.39, 0.29) is 5.92 Å². The van der Waals surface area contributed by atoms with E-state index in [2.05, 4.69) is 28.8 Å². The Labute approximate surface area is 101 Å². The SMILES string of the molecule is CC(C)C(CN)c1nccc(-c2ccc[nH]2)n1. The lowest BCUT2D eigenvalue weighted by atomic mass is 9.95. The van der Waals surface area contributed by atoms with Crippen LogP contribution in [0.2, 0.25) is 0 Å². The van der Waals surface area contributed by atoms with Crippen LogP contribution in [0.25, 0.3) is 11.4 Å². The van der Waals surface area contributed by atoms with Crippen molar-refractivity contribution in [2.75, 3.05) is 6.54 Å². The van der Waals surface area contributed by atoms with Gasteiger partial charge in [0.25, 0.3) is 0 Å². The summed E-state index contributed by atoms with van der Waals surface area (Å²) in [5.41, 5.74) is 7.71. The van der Waals surface area contributed by atoms with Gasteiger partial charge < -0.3 is 10.7 Å². The first-order valence-corrected chi connectivity index (χ1v) is 5.89. The Morgan fingerprint density at radius 1 is 1.35 bits per heavy atom. The summed E-state index contributed by atoms with van der Waals surface area (Å²) >= 11 is 0. The lowest BCUT2D eigenvalue weighted by molar-refractivity contribution is 0.483. The third-order valence-corrected chi connectivity index (χ3v) is 2.94. The van der Waals surface area contributed by atoms with E-state index in [0.29, 0.717) is 12.5 Å². The average Bonchev–Trinajstić information content (AvgIpc) is 2.83. The summed E-state index contributed by atoms with van der Waals surface area (Å²) in [7, 11) is 0. The molecule has 4 nitrogen and oxygen atoms in total. The highest BCUT2D eigenvalue weighted by Crippen LogP contribution is 2.22. The molecular weight excluding hydrogens is 212 g/mol. The van der Waals surface area contributed by atoms with E-state index >= 15 is 0 Å². The van der Waals surface area contributed by atoms with Crippen molar-refractivity contribution in [3.8, 4) is 11.4 Å². The van der Waals surface area contributed by atoms with Crippen molar-refractivity contribution >= 4 is 0 Å². The summed E-state index contributed by atoms with van der Waals surface area (Å²) in [5.74, 6) is 1.48. The molecule has 0 saturated carbocycles. The smallest absolute Gasteiger partial charge is 0.133 e. The molecule has 2 heterocycles. The standard InChI is InChI=1S/C13H18N4/c1-9(2)10(8-14)13-16-7-5-12(17-13)11-4-3-6-15-11/h3-7,9-10,15H,8,14H2,1-2H3. The molecule has 2 aromatic rings. The topological polar surface area (TPSA) is 67.6 Å². The zero-order valence-corrected chi connectivity index (χ0v) is 10.2. The summed E-state index contributed by atoms with van der Waals surface area (Å²) < 4.78 is 0. The van der Waals surface area contributed by atoms with Gasteiger partial charge in [0.15, 0.2) is 0 Å². The number of rotatable bonds is 4. The van der Waals surface area contributed by atoms with E-state index in [0.717, 1.165) is 17.2 Å². The molecule has 90 valence electrons. The van der Waals surface area contributed by atoms with Gasteiger partial charge >= 0.3 is 0 Å². The van der Waals surface area contributed by atoms with Crippen LogP contribution >= 0.6 is 0 Å². The number of aromatic nitrogens is 3. The van der Waals surface area contributed by atoms with Crippen LogP contribution in [-0.4, -0.2) is 21.5 Å². The summed E-state index contributed by atoms with van der Waals surface area (Å²) in [6.45, 7) is 4.86. The molecule has 0 aliphatic heterocycles. The summed E-state index contributed by atoms with van der Waals surface area (Å²) in [5, 5.41) is 0. The van der Waals surface area contributed by atoms with Crippen molar-refractivity contribution in [1.29, 1.82) is 0 Å². The first-order chi connectivity index (χ1) is 8.22. The highest BCUT2D eigenvalue weighted by molar-refractivity contribution is 5.53. The number of nitrogens with zero attached hydrogens (tertiary/aromatic N) is 2.